The van der Waals surface area contributed by atoms with Gasteiger partial charge in [-0.15, -0.1) is 0 Å². The largest absolute Gasteiger partial charge is 0.484 e. The van der Waals surface area contributed by atoms with Crippen molar-refractivity contribution in [2.45, 2.75) is 33.3 Å². The molecule has 4 nitrogen and oxygen atoms in total. The first-order valence-corrected chi connectivity index (χ1v) is 7.58. The molecule has 0 bridgehead atoms. The zero-order valence-electron chi connectivity index (χ0n) is 14.0. The molecule has 4 heteroatoms. The van der Waals surface area contributed by atoms with Gasteiger partial charge in [0.15, 0.2) is 6.61 Å². The smallest absolute Gasteiger partial charge is 0.262 e. The SMILES string of the molecule is Cc1ccc(NC(=O)COc2ccc(C(C)(C)O)cc2)cc1C. The van der Waals surface area contributed by atoms with Crippen molar-refractivity contribution in [3.05, 3.63) is 59.2 Å². The van der Waals surface area contributed by atoms with Crippen molar-refractivity contribution in [2.75, 3.05) is 11.9 Å². The van der Waals surface area contributed by atoms with E-state index in [-0.39, 0.29) is 12.5 Å². The van der Waals surface area contributed by atoms with Gasteiger partial charge in [-0.2, -0.15) is 0 Å². The third-order valence-corrected chi connectivity index (χ3v) is 3.72. The van der Waals surface area contributed by atoms with E-state index in [1.165, 1.54) is 5.56 Å². The van der Waals surface area contributed by atoms with Crippen molar-refractivity contribution in [3.8, 4) is 5.75 Å². The number of carbonyl (C=O) groups is 1. The number of ether oxygens (including phenoxy) is 1. The molecule has 0 fully saturated rings. The molecule has 0 aliphatic carbocycles. The molecule has 122 valence electrons. The van der Waals surface area contributed by atoms with Crippen LogP contribution in [0.2, 0.25) is 0 Å². The maximum Gasteiger partial charge on any atom is 0.262 e. The molecular weight excluding hydrogens is 290 g/mol. The lowest BCUT2D eigenvalue weighted by atomic mass is 9.99. The number of carbonyl (C=O) groups excluding carboxylic acids is 1. The number of hydrogen-bond donors (Lipinski definition) is 2. The summed E-state index contributed by atoms with van der Waals surface area (Å²) >= 11 is 0. The normalized spacial score (nSPS) is 11.2. The molecule has 0 spiro atoms. The minimum absolute atomic E-state index is 0.0607. The summed E-state index contributed by atoms with van der Waals surface area (Å²) in [6.07, 6.45) is 0. The number of aliphatic hydroxyl groups is 1. The minimum Gasteiger partial charge on any atom is -0.484 e. The van der Waals surface area contributed by atoms with Gasteiger partial charge in [0.25, 0.3) is 5.91 Å². The van der Waals surface area contributed by atoms with Crippen molar-refractivity contribution in [3.63, 3.8) is 0 Å². The molecule has 0 saturated heterocycles. The van der Waals surface area contributed by atoms with E-state index in [1.807, 2.05) is 32.0 Å². The van der Waals surface area contributed by atoms with Crippen LogP contribution in [0.4, 0.5) is 5.69 Å². The Morgan fingerprint density at radius 1 is 1.09 bits per heavy atom. The average molecular weight is 313 g/mol. The van der Waals surface area contributed by atoms with E-state index in [0.717, 1.165) is 16.8 Å². The number of amides is 1. The summed E-state index contributed by atoms with van der Waals surface area (Å²) in [6.45, 7) is 7.42. The zero-order valence-corrected chi connectivity index (χ0v) is 14.0. The third-order valence-electron chi connectivity index (χ3n) is 3.72. The van der Waals surface area contributed by atoms with Crippen molar-refractivity contribution in [2.24, 2.45) is 0 Å². The Kier molecular flexibility index (Phi) is 5.06. The number of aryl methyl sites for hydroxylation is 2. The molecular formula is C19H23NO3. The van der Waals surface area contributed by atoms with Gasteiger partial charge in [-0.1, -0.05) is 18.2 Å². The number of rotatable bonds is 5. The fourth-order valence-corrected chi connectivity index (χ4v) is 2.12. The molecule has 0 radical (unpaired) electrons. The molecule has 0 aliphatic heterocycles. The van der Waals surface area contributed by atoms with Gasteiger partial charge in [0.2, 0.25) is 0 Å². The standard InChI is InChI=1S/C19H23NO3/c1-13-5-8-16(11-14(13)2)20-18(21)12-23-17-9-6-15(7-10-17)19(3,4)22/h5-11,22H,12H2,1-4H3,(H,20,21). The average Bonchev–Trinajstić information content (AvgIpc) is 2.48. The van der Waals surface area contributed by atoms with Crippen LogP contribution in [0, 0.1) is 13.8 Å². The van der Waals surface area contributed by atoms with E-state index >= 15 is 0 Å². The van der Waals surface area contributed by atoms with Gasteiger partial charge in [0, 0.05) is 5.69 Å². The molecule has 0 atom stereocenters. The number of anilines is 1. The summed E-state index contributed by atoms with van der Waals surface area (Å²) in [5.74, 6) is 0.382. The Balaban J connectivity index is 1.90. The highest BCUT2D eigenvalue weighted by Gasteiger charge is 2.15. The highest BCUT2D eigenvalue weighted by molar-refractivity contribution is 5.92. The van der Waals surface area contributed by atoms with Gasteiger partial charge < -0.3 is 15.2 Å². The first kappa shape index (κ1) is 17.0. The second-order valence-corrected chi connectivity index (χ2v) is 6.22. The second kappa shape index (κ2) is 6.84. The van der Waals surface area contributed by atoms with Crippen LogP contribution in [0.5, 0.6) is 5.75 Å². The summed E-state index contributed by atoms with van der Waals surface area (Å²) < 4.78 is 5.47. The van der Waals surface area contributed by atoms with Crippen LogP contribution < -0.4 is 10.1 Å². The number of nitrogens with one attached hydrogen (secondary N) is 1. The van der Waals surface area contributed by atoms with Crippen LogP contribution in [0.1, 0.15) is 30.5 Å². The zero-order chi connectivity index (χ0) is 17.0. The van der Waals surface area contributed by atoms with Crippen LogP contribution >= 0.6 is 0 Å². The van der Waals surface area contributed by atoms with Crippen LogP contribution in [-0.4, -0.2) is 17.6 Å². The van der Waals surface area contributed by atoms with E-state index in [9.17, 15) is 9.90 Å². The van der Waals surface area contributed by atoms with E-state index in [1.54, 1.807) is 38.1 Å². The first-order chi connectivity index (χ1) is 10.8. The summed E-state index contributed by atoms with van der Waals surface area (Å²) in [4.78, 5) is 11.9. The highest BCUT2D eigenvalue weighted by atomic mass is 16.5. The van der Waals surface area contributed by atoms with Gasteiger partial charge in [0.05, 0.1) is 5.60 Å². The second-order valence-electron chi connectivity index (χ2n) is 6.22. The Morgan fingerprint density at radius 2 is 1.74 bits per heavy atom. The van der Waals surface area contributed by atoms with Crippen LogP contribution in [-0.2, 0) is 10.4 Å². The van der Waals surface area contributed by atoms with Gasteiger partial charge in [-0.05, 0) is 68.7 Å². The monoisotopic (exact) mass is 313 g/mol. The lowest BCUT2D eigenvalue weighted by molar-refractivity contribution is -0.118. The molecule has 0 heterocycles. The quantitative estimate of drug-likeness (QED) is 0.887. The van der Waals surface area contributed by atoms with Gasteiger partial charge in [-0.25, -0.2) is 0 Å². The molecule has 0 saturated carbocycles. The molecule has 2 aromatic carbocycles. The van der Waals surface area contributed by atoms with Crippen LogP contribution in [0.15, 0.2) is 42.5 Å². The summed E-state index contributed by atoms with van der Waals surface area (Å²) in [7, 11) is 0. The van der Waals surface area contributed by atoms with E-state index in [2.05, 4.69) is 5.32 Å². The van der Waals surface area contributed by atoms with E-state index in [0.29, 0.717) is 5.75 Å². The van der Waals surface area contributed by atoms with E-state index in [4.69, 9.17) is 4.74 Å². The molecule has 2 aromatic rings. The molecule has 0 aromatic heterocycles. The summed E-state index contributed by atoms with van der Waals surface area (Å²) in [6, 6.07) is 12.9. The number of hydrogen-bond acceptors (Lipinski definition) is 3. The Morgan fingerprint density at radius 3 is 2.30 bits per heavy atom. The van der Waals surface area contributed by atoms with Crippen LogP contribution in [0.3, 0.4) is 0 Å². The van der Waals surface area contributed by atoms with Crippen molar-refractivity contribution < 1.29 is 14.6 Å². The predicted octanol–water partition coefficient (Wildman–Crippen LogP) is 3.55. The summed E-state index contributed by atoms with van der Waals surface area (Å²) in [5.41, 5.74) is 2.99. The lowest BCUT2D eigenvalue weighted by Gasteiger charge is -2.17. The van der Waals surface area contributed by atoms with Crippen molar-refractivity contribution >= 4 is 11.6 Å². The predicted molar refractivity (Wildman–Crippen MR) is 91.7 cm³/mol. The van der Waals surface area contributed by atoms with Gasteiger partial charge in [-0.3, -0.25) is 4.79 Å². The maximum absolute atomic E-state index is 11.9. The van der Waals surface area contributed by atoms with Crippen LogP contribution in [0.25, 0.3) is 0 Å². The first-order valence-electron chi connectivity index (χ1n) is 7.58. The fraction of sp³-hybridized carbons (Fsp3) is 0.316. The molecule has 2 rings (SSSR count). The van der Waals surface area contributed by atoms with Gasteiger partial charge >= 0.3 is 0 Å². The molecule has 0 aliphatic rings. The maximum atomic E-state index is 11.9. The topological polar surface area (TPSA) is 58.6 Å². The Bertz CT molecular complexity index is 685. The molecule has 2 N–H and O–H groups in total. The minimum atomic E-state index is -0.890. The Labute approximate surface area is 137 Å². The highest BCUT2D eigenvalue weighted by Crippen LogP contribution is 2.22. The fourth-order valence-electron chi connectivity index (χ4n) is 2.12. The van der Waals surface area contributed by atoms with Gasteiger partial charge in [0.1, 0.15) is 5.75 Å². The Hall–Kier alpha value is -2.33. The van der Waals surface area contributed by atoms with E-state index < -0.39 is 5.60 Å². The molecule has 0 unspecified atom stereocenters. The summed E-state index contributed by atoms with van der Waals surface area (Å²) in [5, 5.41) is 12.7. The third kappa shape index (κ3) is 4.83. The molecule has 23 heavy (non-hydrogen) atoms. The number of benzene rings is 2. The lowest BCUT2D eigenvalue weighted by Crippen LogP contribution is -2.20. The van der Waals surface area contributed by atoms with Crippen molar-refractivity contribution in [1.29, 1.82) is 0 Å². The molecule has 1 amide bonds. The van der Waals surface area contributed by atoms with Crippen molar-refractivity contribution in [1.82, 2.24) is 0 Å².